The number of nitrogens with zero attached hydrogens (tertiary/aromatic N) is 3. The van der Waals surface area contributed by atoms with Crippen LogP contribution in [-0.4, -0.2) is 33.1 Å². The lowest BCUT2D eigenvalue weighted by atomic mass is 9.81. The molecule has 1 aromatic carbocycles. The SMILES string of the molecule is C[C@@H](C(=O)NCC(=O)Nc1ccc(-n2cncn2)cc1)C(C)(C)C. The third-order valence-electron chi connectivity index (χ3n) is 3.95. The summed E-state index contributed by atoms with van der Waals surface area (Å²) in [7, 11) is 0. The normalized spacial score (nSPS) is 12.5. The summed E-state index contributed by atoms with van der Waals surface area (Å²) in [5, 5.41) is 9.45. The monoisotopic (exact) mass is 329 g/mol. The molecule has 0 spiro atoms. The van der Waals surface area contributed by atoms with Gasteiger partial charge in [0.25, 0.3) is 0 Å². The molecule has 128 valence electrons. The first-order chi connectivity index (χ1) is 11.3. The van der Waals surface area contributed by atoms with E-state index in [1.807, 2.05) is 39.8 Å². The predicted molar refractivity (Wildman–Crippen MR) is 91.6 cm³/mol. The van der Waals surface area contributed by atoms with E-state index in [1.165, 1.54) is 6.33 Å². The number of carbonyl (C=O) groups is 2. The van der Waals surface area contributed by atoms with E-state index in [9.17, 15) is 9.59 Å². The zero-order valence-electron chi connectivity index (χ0n) is 14.4. The summed E-state index contributed by atoms with van der Waals surface area (Å²) in [5.74, 6) is -0.565. The molecule has 2 N–H and O–H groups in total. The number of anilines is 1. The maximum absolute atomic E-state index is 12.0. The van der Waals surface area contributed by atoms with Crippen molar-refractivity contribution in [2.75, 3.05) is 11.9 Å². The van der Waals surface area contributed by atoms with Crippen LogP contribution in [-0.2, 0) is 9.59 Å². The van der Waals surface area contributed by atoms with Gasteiger partial charge in [0.1, 0.15) is 12.7 Å². The van der Waals surface area contributed by atoms with Gasteiger partial charge in [-0.2, -0.15) is 5.10 Å². The van der Waals surface area contributed by atoms with Crippen LogP contribution in [0.2, 0.25) is 0 Å². The molecule has 0 bridgehead atoms. The Bertz CT molecular complexity index is 687. The fourth-order valence-corrected chi connectivity index (χ4v) is 1.96. The Hall–Kier alpha value is -2.70. The van der Waals surface area contributed by atoms with Gasteiger partial charge in [-0.25, -0.2) is 9.67 Å². The first kappa shape index (κ1) is 17.7. The highest BCUT2D eigenvalue weighted by molar-refractivity contribution is 5.94. The Kier molecular flexibility index (Phi) is 5.33. The Balaban J connectivity index is 1.85. The minimum Gasteiger partial charge on any atom is -0.347 e. The smallest absolute Gasteiger partial charge is 0.243 e. The van der Waals surface area contributed by atoms with Crippen LogP contribution >= 0.6 is 0 Å². The van der Waals surface area contributed by atoms with Crippen LogP contribution in [0.3, 0.4) is 0 Å². The highest BCUT2D eigenvalue weighted by Gasteiger charge is 2.26. The molecular weight excluding hydrogens is 306 g/mol. The Morgan fingerprint density at radius 3 is 2.42 bits per heavy atom. The molecule has 24 heavy (non-hydrogen) atoms. The van der Waals surface area contributed by atoms with Crippen LogP contribution in [0.15, 0.2) is 36.9 Å². The number of aromatic nitrogens is 3. The highest BCUT2D eigenvalue weighted by Crippen LogP contribution is 2.25. The summed E-state index contributed by atoms with van der Waals surface area (Å²) in [4.78, 5) is 27.8. The summed E-state index contributed by atoms with van der Waals surface area (Å²) in [6.07, 6.45) is 3.05. The first-order valence-corrected chi connectivity index (χ1v) is 7.80. The molecule has 7 nitrogen and oxygen atoms in total. The fraction of sp³-hybridized carbons (Fsp3) is 0.412. The Morgan fingerprint density at radius 2 is 1.88 bits per heavy atom. The summed E-state index contributed by atoms with van der Waals surface area (Å²) < 4.78 is 1.62. The number of carbonyl (C=O) groups excluding carboxylic acids is 2. The minimum absolute atomic E-state index is 0.0515. The van der Waals surface area contributed by atoms with Gasteiger partial charge < -0.3 is 10.6 Å². The molecule has 0 saturated heterocycles. The van der Waals surface area contributed by atoms with Crippen molar-refractivity contribution in [3.63, 3.8) is 0 Å². The van der Waals surface area contributed by atoms with Crippen molar-refractivity contribution < 1.29 is 9.59 Å². The molecule has 2 rings (SSSR count). The third kappa shape index (κ3) is 4.65. The largest absolute Gasteiger partial charge is 0.347 e. The number of amides is 2. The van der Waals surface area contributed by atoms with Gasteiger partial charge in [-0.3, -0.25) is 9.59 Å². The van der Waals surface area contributed by atoms with E-state index in [0.717, 1.165) is 5.69 Å². The zero-order chi connectivity index (χ0) is 17.7. The molecule has 1 heterocycles. The fourth-order valence-electron chi connectivity index (χ4n) is 1.96. The second-order valence-electron chi connectivity index (χ2n) is 6.74. The van der Waals surface area contributed by atoms with Crippen molar-refractivity contribution in [1.82, 2.24) is 20.1 Å². The minimum atomic E-state index is -0.266. The van der Waals surface area contributed by atoms with E-state index in [2.05, 4.69) is 20.7 Å². The molecule has 0 aliphatic heterocycles. The van der Waals surface area contributed by atoms with Crippen molar-refractivity contribution in [2.24, 2.45) is 11.3 Å². The van der Waals surface area contributed by atoms with Crippen LogP contribution in [0.25, 0.3) is 5.69 Å². The maximum atomic E-state index is 12.0. The summed E-state index contributed by atoms with van der Waals surface area (Å²) >= 11 is 0. The predicted octanol–water partition coefficient (Wildman–Crippen LogP) is 2.00. The maximum Gasteiger partial charge on any atom is 0.243 e. The Morgan fingerprint density at radius 1 is 1.21 bits per heavy atom. The molecule has 0 radical (unpaired) electrons. The number of hydrogen-bond donors (Lipinski definition) is 2. The van der Waals surface area contributed by atoms with Gasteiger partial charge in [0.05, 0.1) is 12.2 Å². The standard InChI is InChI=1S/C17H23N5O2/c1-12(17(2,3)4)16(24)19-9-15(23)21-13-5-7-14(8-6-13)22-11-18-10-20-22/h5-8,10-12H,9H2,1-4H3,(H,19,24)(H,21,23)/t12-/m0/s1. The summed E-state index contributed by atoms with van der Waals surface area (Å²) in [5.41, 5.74) is 1.36. The van der Waals surface area contributed by atoms with E-state index in [0.29, 0.717) is 5.69 Å². The van der Waals surface area contributed by atoms with Crippen molar-refractivity contribution in [3.05, 3.63) is 36.9 Å². The van der Waals surface area contributed by atoms with E-state index >= 15 is 0 Å². The van der Waals surface area contributed by atoms with Crippen LogP contribution in [0, 0.1) is 11.3 Å². The molecule has 7 heteroatoms. The van der Waals surface area contributed by atoms with Gasteiger partial charge in [-0.1, -0.05) is 27.7 Å². The van der Waals surface area contributed by atoms with Crippen LogP contribution in [0.1, 0.15) is 27.7 Å². The van der Waals surface area contributed by atoms with Gasteiger partial charge in [-0.15, -0.1) is 0 Å². The first-order valence-electron chi connectivity index (χ1n) is 7.80. The van der Waals surface area contributed by atoms with E-state index < -0.39 is 0 Å². The molecule has 0 saturated carbocycles. The van der Waals surface area contributed by atoms with Gasteiger partial charge >= 0.3 is 0 Å². The lowest BCUT2D eigenvalue weighted by molar-refractivity contribution is -0.129. The Labute approximate surface area is 141 Å². The topological polar surface area (TPSA) is 88.9 Å². The van der Waals surface area contributed by atoms with Crippen molar-refractivity contribution in [1.29, 1.82) is 0 Å². The molecule has 0 unspecified atom stereocenters. The van der Waals surface area contributed by atoms with Crippen molar-refractivity contribution >= 4 is 17.5 Å². The second-order valence-corrected chi connectivity index (χ2v) is 6.74. The number of hydrogen-bond acceptors (Lipinski definition) is 4. The van der Waals surface area contributed by atoms with Crippen molar-refractivity contribution in [3.8, 4) is 5.69 Å². The van der Waals surface area contributed by atoms with E-state index in [-0.39, 0.29) is 29.7 Å². The second kappa shape index (κ2) is 7.25. The molecule has 0 aliphatic rings. The van der Waals surface area contributed by atoms with E-state index in [4.69, 9.17) is 0 Å². The third-order valence-corrected chi connectivity index (χ3v) is 3.95. The van der Waals surface area contributed by atoms with E-state index in [1.54, 1.807) is 23.1 Å². The molecular formula is C17H23N5O2. The van der Waals surface area contributed by atoms with Gasteiger partial charge in [0, 0.05) is 11.6 Å². The summed E-state index contributed by atoms with van der Waals surface area (Å²) in [6, 6.07) is 7.19. The van der Waals surface area contributed by atoms with Crippen LogP contribution < -0.4 is 10.6 Å². The number of nitrogens with one attached hydrogen (secondary N) is 2. The lowest BCUT2D eigenvalue weighted by Crippen LogP contribution is -2.40. The molecule has 0 fully saturated rings. The highest BCUT2D eigenvalue weighted by atomic mass is 16.2. The van der Waals surface area contributed by atoms with Crippen LogP contribution in [0.4, 0.5) is 5.69 Å². The van der Waals surface area contributed by atoms with Crippen LogP contribution in [0.5, 0.6) is 0 Å². The zero-order valence-corrected chi connectivity index (χ0v) is 14.4. The number of benzene rings is 1. The molecule has 0 aliphatic carbocycles. The average Bonchev–Trinajstić information content (AvgIpc) is 3.06. The lowest BCUT2D eigenvalue weighted by Gasteiger charge is -2.25. The molecule has 2 aromatic rings. The number of rotatable bonds is 5. The van der Waals surface area contributed by atoms with Gasteiger partial charge in [0.2, 0.25) is 11.8 Å². The quantitative estimate of drug-likeness (QED) is 0.878. The van der Waals surface area contributed by atoms with Crippen molar-refractivity contribution in [2.45, 2.75) is 27.7 Å². The average molecular weight is 329 g/mol. The molecule has 1 atom stereocenters. The molecule has 1 aromatic heterocycles. The van der Waals surface area contributed by atoms with Gasteiger partial charge in [0.15, 0.2) is 0 Å². The van der Waals surface area contributed by atoms with Gasteiger partial charge in [-0.05, 0) is 29.7 Å². The summed E-state index contributed by atoms with van der Waals surface area (Å²) in [6.45, 7) is 7.79. The molecule has 2 amide bonds.